The number of benzene rings is 1. The SMILES string of the molecule is CCn1c(CCOC(N)=O)nc(C(C)C)c1S(=O)(=O)c1cc(Cl)cc(Cl)c1. The van der Waals surface area contributed by atoms with Gasteiger partial charge in [0.05, 0.1) is 10.6 Å². The normalized spacial score (nSPS) is 11.8. The second kappa shape index (κ2) is 8.50. The number of nitrogens with two attached hydrogens (primary N) is 1. The van der Waals surface area contributed by atoms with Gasteiger partial charge in [-0.05, 0) is 31.0 Å². The number of carbonyl (C=O) groups excluding carboxylic acids is 1. The number of ether oxygens (including phenoxy) is 1. The lowest BCUT2D eigenvalue weighted by Crippen LogP contribution is -2.17. The predicted molar refractivity (Wildman–Crippen MR) is 103 cm³/mol. The van der Waals surface area contributed by atoms with E-state index in [2.05, 4.69) is 4.98 Å². The van der Waals surface area contributed by atoms with Crippen molar-refractivity contribution in [3.05, 3.63) is 39.8 Å². The van der Waals surface area contributed by atoms with Crippen LogP contribution in [0.15, 0.2) is 28.1 Å². The molecule has 0 aliphatic heterocycles. The highest BCUT2D eigenvalue weighted by Gasteiger charge is 2.30. The summed E-state index contributed by atoms with van der Waals surface area (Å²) in [6, 6.07) is 4.18. The van der Waals surface area contributed by atoms with E-state index in [-0.39, 0.29) is 38.9 Å². The molecule has 0 bridgehead atoms. The molecule has 2 N–H and O–H groups in total. The van der Waals surface area contributed by atoms with E-state index in [0.717, 1.165) is 0 Å². The fraction of sp³-hybridized carbons (Fsp3) is 0.412. The molecular formula is C17H21Cl2N3O4S. The average molecular weight is 434 g/mol. The summed E-state index contributed by atoms with van der Waals surface area (Å²) in [5, 5.41) is 0.544. The fourth-order valence-corrected chi connectivity index (χ4v) is 5.24. The maximum Gasteiger partial charge on any atom is 0.404 e. The van der Waals surface area contributed by atoms with Crippen molar-refractivity contribution in [3.8, 4) is 0 Å². The lowest BCUT2D eigenvalue weighted by Gasteiger charge is -2.13. The summed E-state index contributed by atoms with van der Waals surface area (Å²) in [6.45, 7) is 5.90. The Morgan fingerprint density at radius 1 is 1.26 bits per heavy atom. The van der Waals surface area contributed by atoms with Crippen LogP contribution in [0.2, 0.25) is 10.0 Å². The Labute approximate surface area is 168 Å². The van der Waals surface area contributed by atoms with E-state index in [4.69, 9.17) is 33.7 Å². The van der Waals surface area contributed by atoms with Crippen LogP contribution in [0.1, 0.15) is 38.2 Å². The van der Waals surface area contributed by atoms with Gasteiger partial charge < -0.3 is 15.0 Å². The third kappa shape index (κ3) is 4.75. The average Bonchev–Trinajstić information content (AvgIpc) is 2.93. The topological polar surface area (TPSA) is 104 Å². The van der Waals surface area contributed by atoms with Gasteiger partial charge in [-0.1, -0.05) is 37.0 Å². The van der Waals surface area contributed by atoms with Gasteiger partial charge in [0.2, 0.25) is 9.84 Å². The molecule has 148 valence electrons. The smallest absolute Gasteiger partial charge is 0.404 e. The van der Waals surface area contributed by atoms with Gasteiger partial charge in [-0.15, -0.1) is 0 Å². The second-order valence-electron chi connectivity index (χ2n) is 6.14. The molecule has 1 amide bonds. The number of primary amides is 1. The molecule has 0 aliphatic carbocycles. The van der Waals surface area contributed by atoms with Gasteiger partial charge in [-0.3, -0.25) is 0 Å². The van der Waals surface area contributed by atoms with Crippen molar-refractivity contribution in [1.29, 1.82) is 0 Å². The second-order valence-corrected chi connectivity index (χ2v) is 8.88. The maximum atomic E-state index is 13.4. The van der Waals surface area contributed by atoms with E-state index >= 15 is 0 Å². The number of hydrogen-bond donors (Lipinski definition) is 1. The minimum atomic E-state index is -3.92. The maximum absolute atomic E-state index is 13.4. The molecule has 1 heterocycles. The Balaban J connectivity index is 2.62. The molecule has 27 heavy (non-hydrogen) atoms. The molecule has 0 saturated carbocycles. The molecule has 7 nitrogen and oxygen atoms in total. The van der Waals surface area contributed by atoms with Crippen LogP contribution in [0.25, 0.3) is 0 Å². The van der Waals surface area contributed by atoms with Crippen molar-refractivity contribution < 1.29 is 17.9 Å². The van der Waals surface area contributed by atoms with Gasteiger partial charge in [-0.2, -0.15) is 0 Å². The summed E-state index contributed by atoms with van der Waals surface area (Å²) in [5.74, 6) is 0.349. The van der Waals surface area contributed by atoms with Crippen molar-refractivity contribution in [1.82, 2.24) is 9.55 Å². The van der Waals surface area contributed by atoms with Crippen LogP contribution >= 0.6 is 23.2 Å². The molecule has 0 spiro atoms. The van der Waals surface area contributed by atoms with E-state index in [9.17, 15) is 13.2 Å². The van der Waals surface area contributed by atoms with Crippen molar-refractivity contribution in [2.45, 2.75) is 49.6 Å². The largest absolute Gasteiger partial charge is 0.449 e. The molecule has 10 heteroatoms. The van der Waals surface area contributed by atoms with Crippen LogP contribution in [-0.4, -0.2) is 30.7 Å². The predicted octanol–water partition coefficient (Wildman–Crippen LogP) is 3.80. The van der Waals surface area contributed by atoms with E-state index in [1.165, 1.54) is 18.2 Å². The number of sulfone groups is 1. The Morgan fingerprint density at radius 3 is 2.33 bits per heavy atom. The zero-order valence-electron chi connectivity index (χ0n) is 15.2. The first kappa shape index (κ1) is 21.5. The molecular weight excluding hydrogens is 413 g/mol. The molecule has 0 fully saturated rings. The number of amides is 1. The van der Waals surface area contributed by atoms with Gasteiger partial charge in [-0.25, -0.2) is 18.2 Å². The van der Waals surface area contributed by atoms with E-state index in [1.807, 2.05) is 20.8 Å². The number of carbonyl (C=O) groups is 1. The van der Waals surface area contributed by atoms with Crippen molar-refractivity contribution in [2.75, 3.05) is 6.61 Å². The number of hydrogen-bond acceptors (Lipinski definition) is 5. The van der Waals surface area contributed by atoms with Crippen LogP contribution in [0.5, 0.6) is 0 Å². The zero-order valence-corrected chi connectivity index (χ0v) is 17.5. The molecule has 1 aromatic carbocycles. The van der Waals surface area contributed by atoms with Crippen molar-refractivity contribution in [3.63, 3.8) is 0 Å². The first-order valence-corrected chi connectivity index (χ1v) is 10.5. The highest BCUT2D eigenvalue weighted by atomic mass is 35.5. The minimum Gasteiger partial charge on any atom is -0.449 e. The summed E-state index contributed by atoms with van der Waals surface area (Å²) in [7, 11) is -3.92. The van der Waals surface area contributed by atoms with Gasteiger partial charge in [0, 0.05) is 23.0 Å². The summed E-state index contributed by atoms with van der Waals surface area (Å²) >= 11 is 12.0. The summed E-state index contributed by atoms with van der Waals surface area (Å²) in [4.78, 5) is 15.3. The van der Waals surface area contributed by atoms with Gasteiger partial charge in [0.15, 0.2) is 5.03 Å². The number of rotatable bonds is 7. The third-order valence-corrected chi connectivity index (χ3v) is 6.09. The fourth-order valence-electron chi connectivity index (χ4n) is 2.72. The summed E-state index contributed by atoms with van der Waals surface area (Å²) in [6.07, 6.45) is -0.655. The van der Waals surface area contributed by atoms with Crippen LogP contribution in [0, 0.1) is 0 Å². The molecule has 0 unspecified atom stereocenters. The Hall–Kier alpha value is -1.77. The standard InChI is InChI=1S/C17H21Cl2N3O4S/c1-4-22-14(5-6-26-17(20)23)21-15(10(2)3)16(22)27(24,25)13-8-11(18)7-12(19)9-13/h7-10H,4-6H2,1-3H3,(H2,20,23). The first-order chi connectivity index (χ1) is 12.6. The van der Waals surface area contributed by atoms with Gasteiger partial charge in [0.25, 0.3) is 0 Å². The minimum absolute atomic E-state index is 0.00330. The molecule has 0 radical (unpaired) electrons. The van der Waals surface area contributed by atoms with Gasteiger partial charge in [0.1, 0.15) is 12.4 Å². The molecule has 0 atom stereocenters. The van der Waals surface area contributed by atoms with Crippen molar-refractivity contribution in [2.24, 2.45) is 5.73 Å². The van der Waals surface area contributed by atoms with E-state index < -0.39 is 15.9 Å². The Kier molecular flexibility index (Phi) is 6.77. The Morgan fingerprint density at radius 2 is 1.85 bits per heavy atom. The molecule has 2 rings (SSSR count). The lowest BCUT2D eigenvalue weighted by atomic mass is 10.1. The van der Waals surface area contributed by atoms with Crippen LogP contribution in [-0.2, 0) is 27.5 Å². The Bertz CT molecular complexity index is 935. The van der Waals surface area contributed by atoms with Crippen molar-refractivity contribution >= 4 is 39.1 Å². The number of nitrogens with zero attached hydrogens (tertiary/aromatic N) is 2. The summed E-state index contributed by atoms with van der Waals surface area (Å²) in [5.41, 5.74) is 5.41. The summed E-state index contributed by atoms with van der Waals surface area (Å²) < 4.78 is 33.1. The highest BCUT2D eigenvalue weighted by Crippen LogP contribution is 2.32. The van der Waals surface area contributed by atoms with Crippen LogP contribution < -0.4 is 5.73 Å². The third-order valence-electron chi connectivity index (χ3n) is 3.86. The zero-order chi connectivity index (χ0) is 20.4. The highest BCUT2D eigenvalue weighted by molar-refractivity contribution is 7.91. The van der Waals surface area contributed by atoms with Crippen LogP contribution in [0.3, 0.4) is 0 Å². The van der Waals surface area contributed by atoms with Crippen LogP contribution in [0.4, 0.5) is 4.79 Å². The lowest BCUT2D eigenvalue weighted by molar-refractivity contribution is 0.157. The van der Waals surface area contributed by atoms with E-state index in [0.29, 0.717) is 18.1 Å². The molecule has 0 saturated heterocycles. The quantitative estimate of drug-likeness (QED) is 0.714. The number of aromatic nitrogens is 2. The number of imidazole rings is 1. The molecule has 1 aromatic heterocycles. The number of halogens is 2. The van der Waals surface area contributed by atoms with E-state index in [1.54, 1.807) is 4.57 Å². The monoisotopic (exact) mass is 433 g/mol. The van der Waals surface area contributed by atoms with Gasteiger partial charge >= 0.3 is 6.09 Å². The molecule has 0 aliphatic rings. The first-order valence-electron chi connectivity index (χ1n) is 8.30. The molecule has 2 aromatic rings.